The SMILES string of the molecule is CCOC(=O)c1cc2cc(Cn3ccnc3)ccc2n1CCCCl. The van der Waals surface area contributed by atoms with Crippen LogP contribution >= 0.6 is 11.6 Å². The highest BCUT2D eigenvalue weighted by Gasteiger charge is 2.16. The summed E-state index contributed by atoms with van der Waals surface area (Å²) in [5.74, 6) is 0.264. The topological polar surface area (TPSA) is 49.1 Å². The van der Waals surface area contributed by atoms with Crippen molar-refractivity contribution in [2.24, 2.45) is 0 Å². The molecule has 3 aromatic rings. The van der Waals surface area contributed by atoms with Gasteiger partial charge < -0.3 is 13.9 Å². The first-order valence-electron chi connectivity index (χ1n) is 8.04. The van der Waals surface area contributed by atoms with Crippen LogP contribution in [0.25, 0.3) is 10.9 Å². The molecule has 0 N–H and O–H groups in total. The van der Waals surface area contributed by atoms with Crippen molar-refractivity contribution in [1.82, 2.24) is 14.1 Å². The molecule has 0 saturated heterocycles. The number of alkyl halides is 1. The Hall–Kier alpha value is -2.27. The van der Waals surface area contributed by atoms with Crippen molar-refractivity contribution in [3.63, 3.8) is 0 Å². The number of nitrogens with zero attached hydrogens (tertiary/aromatic N) is 3. The lowest BCUT2D eigenvalue weighted by molar-refractivity contribution is 0.0514. The molecule has 1 aromatic carbocycles. The molecular formula is C18H20ClN3O2. The number of benzene rings is 1. The maximum absolute atomic E-state index is 12.3. The minimum absolute atomic E-state index is 0.292. The smallest absolute Gasteiger partial charge is 0.354 e. The molecule has 24 heavy (non-hydrogen) atoms. The minimum atomic E-state index is -0.292. The molecule has 0 radical (unpaired) electrons. The molecule has 0 aliphatic heterocycles. The molecule has 0 saturated carbocycles. The van der Waals surface area contributed by atoms with Crippen LogP contribution in [0.3, 0.4) is 0 Å². The predicted octanol–water partition coefficient (Wildman–Crippen LogP) is 3.69. The van der Waals surface area contributed by atoms with E-state index in [1.165, 1.54) is 0 Å². The third-order valence-corrected chi connectivity index (χ3v) is 4.16. The van der Waals surface area contributed by atoms with Crippen LogP contribution in [0.4, 0.5) is 0 Å². The maximum Gasteiger partial charge on any atom is 0.354 e. The zero-order valence-corrected chi connectivity index (χ0v) is 14.4. The lowest BCUT2D eigenvalue weighted by Crippen LogP contribution is -2.12. The summed E-state index contributed by atoms with van der Waals surface area (Å²) in [5, 5.41) is 1.03. The Balaban J connectivity index is 1.98. The van der Waals surface area contributed by atoms with Gasteiger partial charge in [0, 0.05) is 42.3 Å². The molecule has 6 heteroatoms. The van der Waals surface area contributed by atoms with E-state index in [0.717, 1.165) is 29.4 Å². The number of aryl methyl sites for hydroxylation is 1. The average Bonchev–Trinajstić information content (AvgIpc) is 3.20. The molecule has 0 fully saturated rings. The third-order valence-electron chi connectivity index (χ3n) is 3.89. The van der Waals surface area contributed by atoms with E-state index in [1.54, 1.807) is 12.5 Å². The Morgan fingerprint density at radius 2 is 2.21 bits per heavy atom. The molecule has 2 heterocycles. The second-order valence-corrected chi connectivity index (χ2v) is 5.95. The van der Waals surface area contributed by atoms with Crippen LogP contribution in [0, 0.1) is 0 Å². The van der Waals surface area contributed by atoms with Gasteiger partial charge in [-0.15, -0.1) is 11.6 Å². The Morgan fingerprint density at radius 1 is 1.33 bits per heavy atom. The quantitative estimate of drug-likeness (QED) is 0.484. The summed E-state index contributed by atoms with van der Waals surface area (Å²) < 4.78 is 9.20. The lowest BCUT2D eigenvalue weighted by Gasteiger charge is -2.09. The first kappa shape index (κ1) is 16.6. The van der Waals surface area contributed by atoms with Gasteiger partial charge in [0.15, 0.2) is 0 Å². The van der Waals surface area contributed by atoms with E-state index in [4.69, 9.17) is 16.3 Å². The number of ether oxygens (including phenoxy) is 1. The zero-order valence-electron chi connectivity index (χ0n) is 13.6. The Morgan fingerprint density at radius 3 is 2.92 bits per heavy atom. The van der Waals surface area contributed by atoms with Gasteiger partial charge in [0.2, 0.25) is 0 Å². The standard InChI is InChI=1S/C18H20ClN3O2/c1-2-24-18(23)17-11-15-10-14(12-21-9-7-20-13-21)4-5-16(15)22(17)8-3-6-19/h4-5,7,9-11,13H,2-3,6,8,12H2,1H3. The van der Waals surface area contributed by atoms with E-state index in [2.05, 4.69) is 23.2 Å². The molecule has 0 atom stereocenters. The minimum Gasteiger partial charge on any atom is -0.461 e. The highest BCUT2D eigenvalue weighted by Crippen LogP contribution is 2.23. The van der Waals surface area contributed by atoms with Gasteiger partial charge in [-0.05, 0) is 37.1 Å². The van der Waals surface area contributed by atoms with Crippen LogP contribution < -0.4 is 0 Å². The average molecular weight is 346 g/mol. The molecule has 0 aliphatic rings. The Bertz CT molecular complexity index is 824. The summed E-state index contributed by atoms with van der Waals surface area (Å²) >= 11 is 5.83. The van der Waals surface area contributed by atoms with Crippen LogP contribution in [0.15, 0.2) is 43.0 Å². The van der Waals surface area contributed by atoms with Crippen LogP contribution in [0.1, 0.15) is 29.4 Å². The molecule has 0 bridgehead atoms. The number of rotatable bonds is 7. The van der Waals surface area contributed by atoms with Crippen molar-refractivity contribution < 1.29 is 9.53 Å². The normalized spacial score (nSPS) is 11.1. The summed E-state index contributed by atoms with van der Waals surface area (Å²) in [7, 11) is 0. The van der Waals surface area contributed by atoms with Gasteiger partial charge in [-0.3, -0.25) is 0 Å². The first-order valence-corrected chi connectivity index (χ1v) is 8.57. The van der Waals surface area contributed by atoms with Gasteiger partial charge in [-0.1, -0.05) is 6.07 Å². The first-order chi connectivity index (χ1) is 11.7. The highest BCUT2D eigenvalue weighted by molar-refractivity contribution is 6.17. The number of esters is 1. The van der Waals surface area contributed by atoms with E-state index < -0.39 is 0 Å². The summed E-state index contributed by atoms with van der Waals surface area (Å²) in [4.78, 5) is 16.3. The number of imidazole rings is 1. The van der Waals surface area contributed by atoms with Gasteiger partial charge in [0.25, 0.3) is 0 Å². The van der Waals surface area contributed by atoms with Crippen LogP contribution in [0.2, 0.25) is 0 Å². The van der Waals surface area contributed by atoms with Crippen LogP contribution in [-0.4, -0.2) is 32.6 Å². The fourth-order valence-corrected chi connectivity index (χ4v) is 2.96. The molecule has 126 valence electrons. The van der Waals surface area contributed by atoms with E-state index in [0.29, 0.717) is 24.7 Å². The number of halogens is 1. The van der Waals surface area contributed by atoms with Crippen molar-refractivity contribution in [1.29, 1.82) is 0 Å². The molecule has 2 aromatic heterocycles. The summed E-state index contributed by atoms with van der Waals surface area (Å²) in [6.07, 6.45) is 6.29. The predicted molar refractivity (Wildman–Crippen MR) is 94.6 cm³/mol. The molecular weight excluding hydrogens is 326 g/mol. The molecule has 5 nitrogen and oxygen atoms in total. The molecule has 3 rings (SSSR count). The van der Waals surface area contributed by atoms with Crippen LogP contribution in [0.5, 0.6) is 0 Å². The number of hydrogen-bond donors (Lipinski definition) is 0. The van der Waals surface area contributed by atoms with E-state index >= 15 is 0 Å². The number of fused-ring (bicyclic) bond motifs is 1. The number of carbonyl (C=O) groups excluding carboxylic acids is 1. The zero-order chi connectivity index (χ0) is 16.9. The molecule has 0 unspecified atom stereocenters. The monoisotopic (exact) mass is 345 g/mol. The number of hydrogen-bond acceptors (Lipinski definition) is 3. The number of aromatic nitrogens is 3. The highest BCUT2D eigenvalue weighted by atomic mass is 35.5. The molecule has 0 aliphatic carbocycles. The fourth-order valence-electron chi connectivity index (χ4n) is 2.84. The van der Waals surface area contributed by atoms with Gasteiger partial charge >= 0.3 is 5.97 Å². The maximum atomic E-state index is 12.3. The van der Waals surface area contributed by atoms with E-state index in [-0.39, 0.29) is 5.97 Å². The molecule has 0 spiro atoms. The van der Waals surface area contributed by atoms with Gasteiger partial charge in [-0.25, -0.2) is 9.78 Å². The van der Waals surface area contributed by atoms with Crippen molar-refractivity contribution >= 4 is 28.5 Å². The lowest BCUT2D eigenvalue weighted by atomic mass is 10.1. The number of carbonyl (C=O) groups is 1. The van der Waals surface area contributed by atoms with Crippen LogP contribution in [-0.2, 0) is 17.8 Å². The molecule has 0 amide bonds. The largest absolute Gasteiger partial charge is 0.461 e. The van der Waals surface area contributed by atoms with Gasteiger partial charge in [0.05, 0.1) is 12.9 Å². The van der Waals surface area contributed by atoms with Gasteiger partial charge in [0.1, 0.15) is 5.69 Å². The van der Waals surface area contributed by atoms with Crippen molar-refractivity contribution in [3.05, 3.63) is 54.2 Å². The second-order valence-electron chi connectivity index (χ2n) is 5.57. The van der Waals surface area contributed by atoms with Crippen molar-refractivity contribution in [2.75, 3.05) is 12.5 Å². The Labute approximate surface area is 145 Å². The second kappa shape index (κ2) is 7.53. The summed E-state index contributed by atoms with van der Waals surface area (Å²) in [5.41, 5.74) is 2.76. The summed E-state index contributed by atoms with van der Waals surface area (Å²) in [6, 6.07) is 8.14. The van der Waals surface area contributed by atoms with Crippen molar-refractivity contribution in [2.45, 2.75) is 26.4 Å². The van der Waals surface area contributed by atoms with Gasteiger partial charge in [-0.2, -0.15) is 0 Å². The van der Waals surface area contributed by atoms with E-state index in [1.807, 2.05) is 28.3 Å². The fraction of sp³-hybridized carbons (Fsp3) is 0.333. The third kappa shape index (κ3) is 3.46. The van der Waals surface area contributed by atoms with E-state index in [9.17, 15) is 4.79 Å². The Kier molecular flexibility index (Phi) is 5.20. The summed E-state index contributed by atoms with van der Waals surface area (Å²) in [6.45, 7) is 3.62. The van der Waals surface area contributed by atoms with Crippen molar-refractivity contribution in [3.8, 4) is 0 Å².